The fourth-order valence-electron chi connectivity index (χ4n) is 1.28. The second-order valence-corrected chi connectivity index (χ2v) is 4.21. The van der Waals surface area contributed by atoms with Crippen LogP contribution >= 0.6 is 11.6 Å². The molecule has 0 bridgehead atoms. The van der Waals surface area contributed by atoms with Crippen LogP contribution < -0.4 is 16.0 Å². The predicted molar refractivity (Wildman–Crippen MR) is 72.3 cm³/mol. The predicted octanol–water partition coefficient (Wildman–Crippen LogP) is 0.340. The van der Waals surface area contributed by atoms with Crippen molar-refractivity contribution in [3.63, 3.8) is 0 Å². The summed E-state index contributed by atoms with van der Waals surface area (Å²) in [5.41, 5.74) is 0.750. The molecule has 3 amide bonds. The van der Waals surface area contributed by atoms with E-state index in [9.17, 15) is 14.4 Å². The topological polar surface area (TPSA) is 108 Å². The molecule has 8 heteroatoms. The molecule has 1 aromatic rings. The van der Waals surface area contributed by atoms with Crippen molar-refractivity contribution in [1.82, 2.24) is 16.0 Å². The molecule has 0 aliphatic rings. The lowest BCUT2D eigenvalue weighted by Crippen LogP contribution is -2.42. The minimum atomic E-state index is -1.15. The second kappa shape index (κ2) is 8.00. The number of halogens is 1. The molecule has 0 spiro atoms. The van der Waals surface area contributed by atoms with Crippen LogP contribution in [0, 0.1) is 0 Å². The molecule has 0 heterocycles. The maximum Gasteiger partial charge on any atom is 0.322 e. The van der Waals surface area contributed by atoms with Gasteiger partial charge in [-0.3, -0.25) is 9.59 Å². The molecule has 20 heavy (non-hydrogen) atoms. The third-order valence-corrected chi connectivity index (χ3v) is 2.61. The summed E-state index contributed by atoms with van der Waals surface area (Å²) in [7, 11) is 0. The lowest BCUT2D eigenvalue weighted by Gasteiger charge is -2.08. The van der Waals surface area contributed by atoms with Crippen LogP contribution in [0.3, 0.4) is 0 Å². The van der Waals surface area contributed by atoms with Gasteiger partial charge in [0.2, 0.25) is 5.91 Å². The highest BCUT2D eigenvalue weighted by Crippen LogP contribution is 2.13. The summed E-state index contributed by atoms with van der Waals surface area (Å²) in [5, 5.41) is 15.8. The van der Waals surface area contributed by atoms with E-state index in [1.54, 1.807) is 24.3 Å². The molecule has 0 saturated heterocycles. The molecule has 1 aromatic carbocycles. The zero-order valence-corrected chi connectivity index (χ0v) is 11.2. The average molecular weight is 300 g/mol. The Hall–Kier alpha value is -2.28. The average Bonchev–Trinajstić information content (AvgIpc) is 2.42. The first-order chi connectivity index (χ1) is 9.49. The Morgan fingerprint density at radius 2 is 1.75 bits per heavy atom. The Kier molecular flexibility index (Phi) is 6.31. The first-order valence-electron chi connectivity index (χ1n) is 5.72. The number of rotatable bonds is 6. The van der Waals surface area contributed by atoms with Crippen molar-refractivity contribution in [3.05, 3.63) is 34.9 Å². The summed E-state index contributed by atoms with van der Waals surface area (Å²) in [6.07, 6.45) is 0. The standard InChI is InChI=1S/C12H14ClN3O4/c13-9-4-2-1-3-8(9)5-15-12(20)16-6-10(17)14-7-11(18)19/h1-4H,5-7H2,(H,14,17)(H,18,19)(H2,15,16,20). The third-order valence-electron chi connectivity index (χ3n) is 2.24. The van der Waals surface area contributed by atoms with Crippen LogP contribution in [0.25, 0.3) is 0 Å². The smallest absolute Gasteiger partial charge is 0.322 e. The summed E-state index contributed by atoms with van der Waals surface area (Å²) in [5.74, 6) is -1.73. The quantitative estimate of drug-likeness (QED) is 0.607. The van der Waals surface area contributed by atoms with Crippen molar-refractivity contribution in [2.75, 3.05) is 13.1 Å². The minimum Gasteiger partial charge on any atom is -0.480 e. The van der Waals surface area contributed by atoms with E-state index in [0.29, 0.717) is 5.02 Å². The Morgan fingerprint density at radius 1 is 1.05 bits per heavy atom. The fourth-order valence-corrected chi connectivity index (χ4v) is 1.48. The molecule has 4 N–H and O–H groups in total. The maximum atomic E-state index is 11.4. The Morgan fingerprint density at radius 3 is 2.40 bits per heavy atom. The molecule has 0 aromatic heterocycles. The number of carbonyl (C=O) groups excluding carboxylic acids is 2. The van der Waals surface area contributed by atoms with E-state index in [0.717, 1.165) is 5.56 Å². The summed E-state index contributed by atoms with van der Waals surface area (Å²) in [6.45, 7) is -0.564. The van der Waals surface area contributed by atoms with Gasteiger partial charge >= 0.3 is 12.0 Å². The normalized spacial score (nSPS) is 9.65. The molecular weight excluding hydrogens is 286 g/mol. The Labute approximate surface area is 120 Å². The van der Waals surface area contributed by atoms with Crippen LogP contribution in [0.15, 0.2) is 24.3 Å². The summed E-state index contributed by atoms with van der Waals surface area (Å²) in [6, 6.07) is 6.49. The zero-order chi connectivity index (χ0) is 15.0. The second-order valence-electron chi connectivity index (χ2n) is 3.80. The number of carbonyl (C=O) groups is 3. The molecule has 0 saturated carbocycles. The molecule has 0 fully saturated rings. The van der Waals surface area contributed by atoms with Gasteiger partial charge in [0, 0.05) is 11.6 Å². The van der Waals surface area contributed by atoms with Crippen molar-refractivity contribution in [3.8, 4) is 0 Å². The lowest BCUT2D eigenvalue weighted by molar-refractivity contribution is -0.137. The highest BCUT2D eigenvalue weighted by molar-refractivity contribution is 6.31. The van der Waals surface area contributed by atoms with Gasteiger partial charge < -0.3 is 21.1 Å². The SMILES string of the molecule is O=C(O)CNC(=O)CNC(=O)NCc1ccccc1Cl. The molecule has 108 valence electrons. The molecule has 0 aliphatic carbocycles. The summed E-state index contributed by atoms with van der Waals surface area (Å²) in [4.78, 5) is 32.8. The number of amides is 3. The molecule has 1 rings (SSSR count). The molecule has 7 nitrogen and oxygen atoms in total. The third kappa shape index (κ3) is 6.05. The van der Waals surface area contributed by atoms with Crippen LogP contribution in [-0.4, -0.2) is 36.1 Å². The first-order valence-corrected chi connectivity index (χ1v) is 6.10. The van der Waals surface area contributed by atoms with Gasteiger partial charge in [0.05, 0.1) is 6.54 Å². The number of hydrogen-bond acceptors (Lipinski definition) is 3. The van der Waals surface area contributed by atoms with Crippen LogP contribution in [0.2, 0.25) is 5.02 Å². The van der Waals surface area contributed by atoms with Crippen LogP contribution in [0.1, 0.15) is 5.56 Å². The van der Waals surface area contributed by atoms with E-state index in [4.69, 9.17) is 16.7 Å². The summed E-state index contributed by atoms with van der Waals surface area (Å²) < 4.78 is 0. The first kappa shape index (κ1) is 15.8. The number of urea groups is 1. The van der Waals surface area contributed by atoms with E-state index in [-0.39, 0.29) is 13.1 Å². The summed E-state index contributed by atoms with van der Waals surface area (Å²) >= 11 is 5.91. The van der Waals surface area contributed by atoms with Gasteiger partial charge in [-0.05, 0) is 11.6 Å². The Balaban J connectivity index is 2.25. The van der Waals surface area contributed by atoms with E-state index in [1.165, 1.54) is 0 Å². The maximum absolute atomic E-state index is 11.4. The minimum absolute atomic E-state index is 0.224. The van der Waals surface area contributed by atoms with Crippen LogP contribution in [0.5, 0.6) is 0 Å². The van der Waals surface area contributed by atoms with Crippen molar-refractivity contribution in [2.45, 2.75) is 6.54 Å². The number of carboxylic acid groups (broad SMARTS) is 1. The Bertz CT molecular complexity index is 507. The number of nitrogens with one attached hydrogen (secondary N) is 3. The highest BCUT2D eigenvalue weighted by Gasteiger charge is 2.07. The van der Waals surface area contributed by atoms with E-state index < -0.39 is 24.5 Å². The van der Waals surface area contributed by atoms with Gasteiger partial charge in [0.25, 0.3) is 0 Å². The van der Waals surface area contributed by atoms with Gasteiger partial charge in [0.15, 0.2) is 0 Å². The van der Waals surface area contributed by atoms with E-state index in [2.05, 4.69) is 16.0 Å². The highest BCUT2D eigenvalue weighted by atomic mass is 35.5. The van der Waals surface area contributed by atoms with Gasteiger partial charge in [-0.2, -0.15) is 0 Å². The van der Waals surface area contributed by atoms with Gasteiger partial charge in [-0.1, -0.05) is 29.8 Å². The van der Waals surface area contributed by atoms with Crippen molar-refractivity contribution in [2.24, 2.45) is 0 Å². The number of aliphatic carboxylic acids is 1. The van der Waals surface area contributed by atoms with Crippen LogP contribution in [-0.2, 0) is 16.1 Å². The van der Waals surface area contributed by atoms with Gasteiger partial charge in [-0.15, -0.1) is 0 Å². The van der Waals surface area contributed by atoms with Crippen LogP contribution in [0.4, 0.5) is 4.79 Å². The monoisotopic (exact) mass is 299 g/mol. The molecule has 0 atom stereocenters. The lowest BCUT2D eigenvalue weighted by atomic mass is 10.2. The van der Waals surface area contributed by atoms with E-state index >= 15 is 0 Å². The van der Waals surface area contributed by atoms with E-state index in [1.807, 2.05) is 0 Å². The van der Waals surface area contributed by atoms with Gasteiger partial charge in [-0.25, -0.2) is 4.79 Å². The van der Waals surface area contributed by atoms with Crippen molar-refractivity contribution >= 4 is 29.5 Å². The molecule has 0 unspecified atom stereocenters. The molecule has 0 radical (unpaired) electrons. The zero-order valence-electron chi connectivity index (χ0n) is 10.5. The number of carboxylic acids is 1. The largest absolute Gasteiger partial charge is 0.480 e. The fraction of sp³-hybridized carbons (Fsp3) is 0.250. The molecule has 0 aliphatic heterocycles. The number of benzene rings is 1. The molecular formula is C12H14ClN3O4. The van der Waals surface area contributed by atoms with Crippen molar-refractivity contribution in [1.29, 1.82) is 0 Å². The van der Waals surface area contributed by atoms with Crippen molar-refractivity contribution < 1.29 is 19.5 Å². The van der Waals surface area contributed by atoms with Gasteiger partial charge in [0.1, 0.15) is 6.54 Å². The number of hydrogen-bond donors (Lipinski definition) is 4.